The molecule has 11 rings (SSSR count). The highest BCUT2D eigenvalue weighted by Crippen LogP contribution is 2.54. The lowest BCUT2D eigenvalue weighted by Gasteiger charge is -2.24. The van der Waals surface area contributed by atoms with Gasteiger partial charge < -0.3 is 8.98 Å². The number of nitrogens with zero attached hydrogens (tertiary/aromatic N) is 3. The Morgan fingerprint density at radius 1 is 0.529 bits per heavy atom. The van der Waals surface area contributed by atoms with Crippen molar-refractivity contribution < 1.29 is 4.42 Å². The van der Waals surface area contributed by atoms with Crippen molar-refractivity contribution in [1.82, 2.24) is 14.5 Å². The van der Waals surface area contributed by atoms with Crippen LogP contribution in [0.3, 0.4) is 0 Å². The van der Waals surface area contributed by atoms with Crippen molar-refractivity contribution in [2.75, 3.05) is 0 Å². The minimum absolute atomic E-state index is 0.240. The molecule has 4 nitrogen and oxygen atoms in total. The van der Waals surface area contributed by atoms with Gasteiger partial charge in [-0.25, -0.2) is 9.97 Å². The van der Waals surface area contributed by atoms with Crippen molar-refractivity contribution in [2.45, 2.75) is 19.3 Å². The summed E-state index contributed by atoms with van der Waals surface area (Å²) in [6, 6.07) is 53.8. The fraction of sp³-hybridized carbons (Fsp3) is 0.0638. The molecule has 0 N–H and O–H groups in total. The van der Waals surface area contributed by atoms with E-state index in [1.54, 1.807) is 0 Å². The van der Waals surface area contributed by atoms with Gasteiger partial charge in [0, 0.05) is 49.2 Å². The highest BCUT2D eigenvalue weighted by Gasteiger charge is 2.39. The molecular formula is C47H31N3O. The molecule has 10 aromatic rings. The maximum atomic E-state index is 6.38. The molecule has 0 atom stereocenters. The summed E-state index contributed by atoms with van der Waals surface area (Å²) >= 11 is 0. The number of benzene rings is 7. The Bertz CT molecular complexity index is 3040. The number of rotatable bonds is 3. The molecule has 3 heterocycles. The number of fused-ring (bicyclic) bond motifs is 11. The van der Waals surface area contributed by atoms with Gasteiger partial charge in [0.25, 0.3) is 0 Å². The number of hydrogen-bond acceptors (Lipinski definition) is 3. The van der Waals surface area contributed by atoms with Crippen LogP contribution in [-0.4, -0.2) is 14.5 Å². The zero-order valence-corrected chi connectivity index (χ0v) is 28.2. The van der Waals surface area contributed by atoms with E-state index in [-0.39, 0.29) is 5.41 Å². The van der Waals surface area contributed by atoms with Crippen LogP contribution < -0.4 is 0 Å². The van der Waals surface area contributed by atoms with Crippen LogP contribution in [0.2, 0.25) is 0 Å². The van der Waals surface area contributed by atoms with Gasteiger partial charge in [-0.05, 0) is 76.9 Å². The molecule has 240 valence electrons. The predicted molar refractivity (Wildman–Crippen MR) is 210 cm³/mol. The number of aromatic nitrogens is 3. The molecule has 1 aliphatic rings. The van der Waals surface area contributed by atoms with Crippen molar-refractivity contribution in [1.29, 1.82) is 0 Å². The van der Waals surface area contributed by atoms with Gasteiger partial charge in [0.15, 0.2) is 5.82 Å². The van der Waals surface area contributed by atoms with E-state index in [1.165, 1.54) is 49.4 Å². The van der Waals surface area contributed by atoms with Crippen molar-refractivity contribution in [3.63, 3.8) is 0 Å². The van der Waals surface area contributed by atoms with E-state index in [0.29, 0.717) is 0 Å². The molecule has 7 aromatic carbocycles. The molecule has 4 heteroatoms. The van der Waals surface area contributed by atoms with Crippen LogP contribution in [0.25, 0.3) is 94.1 Å². The van der Waals surface area contributed by atoms with Gasteiger partial charge in [0.05, 0.1) is 22.2 Å². The summed E-state index contributed by atoms with van der Waals surface area (Å²) in [5, 5.41) is 5.88. The van der Waals surface area contributed by atoms with Gasteiger partial charge in [0.2, 0.25) is 0 Å². The minimum Gasteiger partial charge on any atom is -0.456 e. The first-order chi connectivity index (χ1) is 25.0. The van der Waals surface area contributed by atoms with Gasteiger partial charge in [-0.3, -0.25) is 0 Å². The first kappa shape index (κ1) is 28.3. The Labute approximate surface area is 294 Å². The Morgan fingerprint density at radius 2 is 1.25 bits per heavy atom. The van der Waals surface area contributed by atoms with Gasteiger partial charge in [0.1, 0.15) is 11.2 Å². The van der Waals surface area contributed by atoms with E-state index >= 15 is 0 Å². The second-order valence-electron chi connectivity index (χ2n) is 14.2. The largest absolute Gasteiger partial charge is 0.456 e. The lowest BCUT2D eigenvalue weighted by Crippen LogP contribution is -2.16. The van der Waals surface area contributed by atoms with E-state index < -0.39 is 0 Å². The molecule has 0 aliphatic heterocycles. The number of furan rings is 1. The number of hydrogen-bond donors (Lipinski definition) is 0. The molecule has 51 heavy (non-hydrogen) atoms. The average molecular weight is 654 g/mol. The fourth-order valence-electron chi connectivity index (χ4n) is 8.61. The highest BCUT2D eigenvalue weighted by atomic mass is 16.3. The Balaban J connectivity index is 1.11. The molecule has 0 bridgehead atoms. The summed E-state index contributed by atoms with van der Waals surface area (Å²) in [5.41, 5.74) is 14.3. The van der Waals surface area contributed by atoms with Crippen LogP contribution in [0.5, 0.6) is 0 Å². The minimum atomic E-state index is -0.240. The molecule has 1 aliphatic carbocycles. The monoisotopic (exact) mass is 653 g/mol. The molecule has 0 saturated heterocycles. The Kier molecular flexibility index (Phi) is 5.70. The molecule has 0 radical (unpaired) electrons. The van der Waals surface area contributed by atoms with E-state index in [4.69, 9.17) is 14.4 Å². The topological polar surface area (TPSA) is 43.9 Å². The molecule has 3 aromatic heterocycles. The Hall–Kier alpha value is -6.52. The van der Waals surface area contributed by atoms with Crippen LogP contribution in [0.4, 0.5) is 0 Å². The Morgan fingerprint density at radius 3 is 2.10 bits per heavy atom. The lowest BCUT2D eigenvalue weighted by atomic mass is 9.81. The third-order valence-electron chi connectivity index (χ3n) is 11.0. The first-order valence-electron chi connectivity index (χ1n) is 17.5. The summed E-state index contributed by atoms with van der Waals surface area (Å²) < 4.78 is 8.83. The fourth-order valence-corrected chi connectivity index (χ4v) is 8.61. The van der Waals surface area contributed by atoms with Crippen molar-refractivity contribution in [3.8, 4) is 39.5 Å². The average Bonchev–Trinajstić information content (AvgIpc) is 3.79. The summed E-state index contributed by atoms with van der Waals surface area (Å²) in [4.78, 5) is 10.2. The second-order valence-corrected chi connectivity index (χ2v) is 14.2. The third-order valence-corrected chi connectivity index (χ3v) is 11.0. The maximum Gasteiger partial charge on any atom is 0.160 e. The van der Waals surface area contributed by atoms with Crippen LogP contribution in [0.1, 0.15) is 25.0 Å². The maximum absolute atomic E-state index is 6.38. The normalized spacial score (nSPS) is 13.5. The van der Waals surface area contributed by atoms with Gasteiger partial charge >= 0.3 is 0 Å². The molecule has 0 unspecified atom stereocenters. The lowest BCUT2D eigenvalue weighted by molar-refractivity contribution is 0.660. The molecule has 0 saturated carbocycles. The third kappa shape index (κ3) is 3.96. The molecule has 0 spiro atoms. The van der Waals surface area contributed by atoms with Crippen LogP contribution in [0.15, 0.2) is 156 Å². The predicted octanol–water partition coefficient (Wildman–Crippen LogP) is 12.3. The summed E-state index contributed by atoms with van der Waals surface area (Å²) in [5.74, 6) is 0.718. The SMILES string of the molecule is CC1(C)c2cc3c(cc2-c2ccc4c5ccccc5n(-c5ccc(-c6nc(-c7ccccc7)c7ccccc7n6)cc5)c4c21)oc1ccccc13. The first-order valence-corrected chi connectivity index (χ1v) is 17.5. The van der Waals surface area contributed by atoms with E-state index in [2.05, 4.69) is 152 Å². The van der Waals surface area contributed by atoms with Crippen molar-refractivity contribution in [2.24, 2.45) is 0 Å². The van der Waals surface area contributed by atoms with E-state index in [1.807, 2.05) is 18.2 Å². The van der Waals surface area contributed by atoms with Crippen LogP contribution in [0, 0.1) is 0 Å². The van der Waals surface area contributed by atoms with Gasteiger partial charge in [-0.2, -0.15) is 0 Å². The standard InChI is InChI=1S/C47H31N3O/c1-47(2)38-26-37-32-15-8-11-19-41(32)51-42(37)27-36(38)33-24-25-34-31-14-7-10-18-40(31)50(45(34)43(33)47)30-22-20-29(21-23-30)46-48-39-17-9-6-16-35(39)44(49-46)28-12-4-3-5-13-28/h3-27H,1-2H3. The smallest absolute Gasteiger partial charge is 0.160 e. The zero-order valence-electron chi connectivity index (χ0n) is 28.2. The van der Waals surface area contributed by atoms with Crippen LogP contribution in [-0.2, 0) is 5.41 Å². The van der Waals surface area contributed by atoms with Gasteiger partial charge in [-0.15, -0.1) is 0 Å². The number of para-hydroxylation sites is 3. The quantitative estimate of drug-likeness (QED) is 0.191. The van der Waals surface area contributed by atoms with E-state index in [9.17, 15) is 0 Å². The second kappa shape index (κ2) is 10.3. The zero-order chi connectivity index (χ0) is 33.8. The highest BCUT2D eigenvalue weighted by molar-refractivity contribution is 6.14. The van der Waals surface area contributed by atoms with Gasteiger partial charge in [-0.1, -0.05) is 111 Å². The van der Waals surface area contributed by atoms with Crippen molar-refractivity contribution >= 4 is 54.6 Å². The van der Waals surface area contributed by atoms with Crippen LogP contribution >= 0.6 is 0 Å². The summed E-state index contributed by atoms with van der Waals surface area (Å²) in [6.07, 6.45) is 0. The molecular weight excluding hydrogens is 623 g/mol. The molecule has 0 amide bonds. The summed E-state index contributed by atoms with van der Waals surface area (Å²) in [6.45, 7) is 4.75. The van der Waals surface area contributed by atoms with Crippen molar-refractivity contribution in [3.05, 3.63) is 163 Å². The molecule has 0 fully saturated rings. The summed E-state index contributed by atoms with van der Waals surface area (Å²) in [7, 11) is 0. The van der Waals surface area contributed by atoms with E-state index in [0.717, 1.165) is 55.8 Å².